The van der Waals surface area contributed by atoms with Crippen LogP contribution in [0.2, 0.25) is 5.02 Å². The average molecular weight is 590 g/mol. The first-order valence-corrected chi connectivity index (χ1v) is 11.5. The van der Waals surface area contributed by atoms with Crippen LogP contribution in [0, 0.1) is 0 Å². The van der Waals surface area contributed by atoms with Gasteiger partial charge < -0.3 is 15.4 Å². The summed E-state index contributed by atoms with van der Waals surface area (Å²) in [4.78, 5) is 24.1. The van der Waals surface area contributed by atoms with Gasteiger partial charge in [-0.25, -0.2) is 0 Å². The fourth-order valence-electron chi connectivity index (χ4n) is 2.54. The van der Waals surface area contributed by atoms with Gasteiger partial charge in [0.05, 0.1) is 22.3 Å². The molecule has 6 nitrogen and oxygen atoms in total. The van der Waals surface area contributed by atoms with Gasteiger partial charge in [0.15, 0.2) is 5.11 Å². The summed E-state index contributed by atoms with van der Waals surface area (Å²) in [7, 11) is 1.55. The second-order valence-corrected chi connectivity index (χ2v) is 8.87. The highest BCUT2D eigenvalue weighted by Gasteiger charge is 2.10. The topological polar surface area (TPSA) is 79.5 Å². The van der Waals surface area contributed by atoms with Crippen molar-refractivity contribution in [2.75, 3.05) is 17.7 Å². The molecule has 0 aliphatic rings. The zero-order chi connectivity index (χ0) is 23.0. The van der Waals surface area contributed by atoms with Crippen LogP contribution in [-0.2, 0) is 9.59 Å². The van der Waals surface area contributed by atoms with Crippen LogP contribution in [-0.4, -0.2) is 24.0 Å². The molecule has 31 heavy (non-hydrogen) atoms. The van der Waals surface area contributed by atoms with E-state index in [4.69, 9.17) is 28.6 Å². The van der Waals surface area contributed by atoms with Gasteiger partial charge in [-0.2, -0.15) is 0 Å². The maximum Gasteiger partial charge on any atom is 0.250 e. The SMILES string of the molecule is CCCC(=O)Nc1ccc(Cl)c(NC(=S)NC(=O)C=Cc2cc(Br)cc(Br)c2OC)c1. The number of carbonyl (C=O) groups excluding carboxylic acids is 2. The molecule has 2 aromatic rings. The molecule has 0 bridgehead atoms. The molecule has 2 amide bonds. The zero-order valence-electron chi connectivity index (χ0n) is 16.7. The Hall–Kier alpha value is -1.94. The molecule has 0 saturated heterocycles. The Balaban J connectivity index is 2.04. The Bertz CT molecular complexity index is 1030. The van der Waals surface area contributed by atoms with E-state index in [2.05, 4.69) is 47.8 Å². The predicted molar refractivity (Wildman–Crippen MR) is 137 cm³/mol. The second kappa shape index (κ2) is 12.2. The van der Waals surface area contributed by atoms with Crippen molar-refractivity contribution in [2.45, 2.75) is 19.8 Å². The normalized spacial score (nSPS) is 10.6. The van der Waals surface area contributed by atoms with Crippen molar-refractivity contribution in [1.82, 2.24) is 5.32 Å². The molecule has 0 aromatic heterocycles. The van der Waals surface area contributed by atoms with E-state index in [9.17, 15) is 9.59 Å². The monoisotopic (exact) mass is 587 g/mol. The molecule has 0 fully saturated rings. The molecule has 10 heteroatoms. The van der Waals surface area contributed by atoms with Crippen molar-refractivity contribution in [3.8, 4) is 5.75 Å². The lowest BCUT2D eigenvalue weighted by Gasteiger charge is -2.12. The molecule has 0 atom stereocenters. The molecule has 0 saturated carbocycles. The van der Waals surface area contributed by atoms with Crippen molar-refractivity contribution in [2.24, 2.45) is 0 Å². The van der Waals surface area contributed by atoms with E-state index in [-0.39, 0.29) is 11.0 Å². The number of carbonyl (C=O) groups is 2. The van der Waals surface area contributed by atoms with Crippen LogP contribution < -0.4 is 20.7 Å². The number of amides is 2. The number of rotatable bonds is 7. The highest BCUT2D eigenvalue weighted by Crippen LogP contribution is 2.33. The van der Waals surface area contributed by atoms with Gasteiger partial charge >= 0.3 is 0 Å². The van der Waals surface area contributed by atoms with Crippen molar-refractivity contribution >= 4 is 90.1 Å². The largest absolute Gasteiger partial charge is 0.495 e. The van der Waals surface area contributed by atoms with E-state index in [1.807, 2.05) is 19.1 Å². The van der Waals surface area contributed by atoms with E-state index in [0.717, 1.165) is 15.4 Å². The fraction of sp³-hybridized carbons (Fsp3) is 0.190. The molecule has 164 valence electrons. The first kappa shape index (κ1) is 25.3. The third-order valence-electron chi connectivity index (χ3n) is 3.87. The number of ether oxygens (including phenoxy) is 1. The third kappa shape index (κ3) is 7.92. The summed E-state index contributed by atoms with van der Waals surface area (Å²) >= 11 is 18.2. The molecule has 3 N–H and O–H groups in total. The molecular formula is C21H20Br2ClN3O3S. The summed E-state index contributed by atoms with van der Waals surface area (Å²) < 4.78 is 6.94. The molecule has 0 aliphatic heterocycles. The van der Waals surface area contributed by atoms with Crippen LogP contribution in [0.5, 0.6) is 5.75 Å². The second-order valence-electron chi connectivity index (χ2n) is 6.28. The fourth-order valence-corrected chi connectivity index (χ4v) is 4.34. The number of hydrogen-bond donors (Lipinski definition) is 3. The summed E-state index contributed by atoms with van der Waals surface area (Å²) in [5, 5.41) is 8.67. The summed E-state index contributed by atoms with van der Waals surface area (Å²) in [6, 6.07) is 8.64. The number of nitrogens with one attached hydrogen (secondary N) is 3. The Kier molecular flexibility index (Phi) is 9.95. The number of halogens is 3. The van der Waals surface area contributed by atoms with E-state index >= 15 is 0 Å². The lowest BCUT2D eigenvalue weighted by atomic mass is 10.2. The third-order valence-corrected chi connectivity index (χ3v) is 5.45. The highest BCUT2D eigenvalue weighted by atomic mass is 79.9. The molecule has 0 unspecified atom stereocenters. The number of thiocarbonyl (C=S) groups is 1. The number of methoxy groups -OCH3 is 1. The number of benzene rings is 2. The number of hydrogen-bond acceptors (Lipinski definition) is 4. The zero-order valence-corrected chi connectivity index (χ0v) is 21.5. The number of anilines is 2. The minimum Gasteiger partial charge on any atom is -0.495 e. The van der Waals surface area contributed by atoms with Crippen LogP contribution in [0.4, 0.5) is 11.4 Å². The molecule has 0 spiro atoms. The van der Waals surface area contributed by atoms with Crippen LogP contribution in [0.3, 0.4) is 0 Å². The summed E-state index contributed by atoms with van der Waals surface area (Å²) in [6.07, 6.45) is 4.12. The standard InChI is InChI=1S/C21H20Br2ClN3O3S/c1-3-4-18(28)25-14-6-7-16(24)17(11-14)26-21(31)27-19(29)8-5-12-9-13(22)10-15(23)20(12)30-2/h5-11H,3-4H2,1-2H3,(H,25,28)(H2,26,27,29,31). The van der Waals surface area contributed by atoms with Gasteiger partial charge in [-0.3, -0.25) is 14.9 Å². The summed E-state index contributed by atoms with van der Waals surface area (Å²) in [6.45, 7) is 1.93. The molecule has 0 aliphatic carbocycles. The Morgan fingerprint density at radius 2 is 1.94 bits per heavy atom. The van der Waals surface area contributed by atoms with Gasteiger partial charge in [0.25, 0.3) is 0 Å². The van der Waals surface area contributed by atoms with E-state index < -0.39 is 5.91 Å². The maximum atomic E-state index is 12.3. The quantitative estimate of drug-likeness (QED) is 0.267. The Morgan fingerprint density at radius 1 is 1.19 bits per heavy atom. The van der Waals surface area contributed by atoms with Crippen LogP contribution >= 0.6 is 55.7 Å². The first-order chi connectivity index (χ1) is 14.7. The highest BCUT2D eigenvalue weighted by molar-refractivity contribution is 9.11. The van der Waals surface area contributed by atoms with Crippen LogP contribution in [0.25, 0.3) is 6.08 Å². The van der Waals surface area contributed by atoms with Gasteiger partial charge in [0.2, 0.25) is 11.8 Å². The summed E-state index contributed by atoms with van der Waals surface area (Å²) in [5.41, 5.74) is 1.74. The molecule has 0 radical (unpaired) electrons. The summed E-state index contributed by atoms with van der Waals surface area (Å²) in [5.74, 6) is 0.0762. The van der Waals surface area contributed by atoms with Crippen LogP contribution in [0.1, 0.15) is 25.3 Å². The minimum absolute atomic E-state index is 0.0657. The maximum absolute atomic E-state index is 12.3. The molecule has 2 aromatic carbocycles. The average Bonchev–Trinajstić information content (AvgIpc) is 2.68. The van der Waals surface area contributed by atoms with E-state index in [1.165, 1.54) is 6.08 Å². The minimum atomic E-state index is -0.431. The molecular weight excluding hydrogens is 570 g/mol. The Labute approximate surface area is 208 Å². The van der Waals surface area contributed by atoms with Gasteiger partial charge in [-0.05, 0) is 71.0 Å². The van der Waals surface area contributed by atoms with E-state index in [0.29, 0.717) is 34.1 Å². The van der Waals surface area contributed by atoms with E-state index in [1.54, 1.807) is 31.4 Å². The predicted octanol–water partition coefficient (Wildman–Crippen LogP) is 6.14. The van der Waals surface area contributed by atoms with Crippen molar-refractivity contribution in [1.29, 1.82) is 0 Å². The smallest absolute Gasteiger partial charge is 0.250 e. The molecule has 2 rings (SSSR count). The van der Waals surface area contributed by atoms with Gasteiger partial charge in [0.1, 0.15) is 5.75 Å². The van der Waals surface area contributed by atoms with Crippen LogP contribution in [0.15, 0.2) is 45.4 Å². The lowest BCUT2D eigenvalue weighted by Crippen LogP contribution is -2.32. The first-order valence-electron chi connectivity index (χ1n) is 9.16. The molecule has 0 heterocycles. The van der Waals surface area contributed by atoms with Gasteiger partial charge in [-0.15, -0.1) is 0 Å². The van der Waals surface area contributed by atoms with Crippen molar-refractivity contribution in [3.05, 3.63) is 55.9 Å². The Morgan fingerprint density at radius 3 is 2.61 bits per heavy atom. The lowest BCUT2D eigenvalue weighted by molar-refractivity contribution is -0.116. The van der Waals surface area contributed by atoms with Crippen molar-refractivity contribution in [3.63, 3.8) is 0 Å². The van der Waals surface area contributed by atoms with Gasteiger partial charge in [0, 0.05) is 28.2 Å². The van der Waals surface area contributed by atoms with Crippen molar-refractivity contribution < 1.29 is 14.3 Å². The van der Waals surface area contributed by atoms with Gasteiger partial charge in [-0.1, -0.05) is 34.5 Å².